The van der Waals surface area contributed by atoms with Crippen LogP contribution in [0.4, 0.5) is 0 Å². The van der Waals surface area contributed by atoms with Crippen molar-refractivity contribution >= 4 is 35.5 Å². The SMILES string of the molecule is CC(=O)OCC1=C(C(=O)[O-])N2C(=O)[C@@H](NC(=O)[C@H](O)c3ccccc3)[C@H]2SC1.[Na+]. The molecule has 1 fully saturated rings. The minimum atomic E-state index is -1.56. The number of carbonyl (C=O) groups excluding carboxylic acids is 4. The second-order valence-electron chi connectivity index (χ2n) is 6.23. The molecule has 0 aliphatic carbocycles. The molecule has 2 N–H and O–H groups in total. The van der Waals surface area contributed by atoms with Gasteiger partial charge in [0.25, 0.3) is 11.8 Å². The number of benzene rings is 1. The van der Waals surface area contributed by atoms with E-state index in [1.54, 1.807) is 30.3 Å². The van der Waals surface area contributed by atoms with Crippen molar-refractivity contribution in [1.29, 1.82) is 0 Å². The van der Waals surface area contributed by atoms with E-state index < -0.39 is 41.3 Å². The number of amides is 2. The molecule has 2 aliphatic heterocycles. The van der Waals surface area contributed by atoms with E-state index in [-0.39, 0.29) is 53.2 Å². The molecule has 3 atom stereocenters. The summed E-state index contributed by atoms with van der Waals surface area (Å²) in [6.07, 6.45) is -1.45. The second-order valence-corrected chi connectivity index (χ2v) is 7.33. The van der Waals surface area contributed by atoms with Crippen LogP contribution in [0, 0.1) is 0 Å². The predicted molar refractivity (Wildman–Crippen MR) is 95.1 cm³/mol. The van der Waals surface area contributed by atoms with Gasteiger partial charge in [-0.2, -0.15) is 0 Å². The Labute approximate surface area is 192 Å². The first-order valence-electron chi connectivity index (χ1n) is 8.36. The van der Waals surface area contributed by atoms with Crippen molar-refractivity contribution in [2.75, 3.05) is 12.4 Å². The summed E-state index contributed by atoms with van der Waals surface area (Å²) < 4.78 is 4.83. The molecule has 0 aromatic heterocycles. The summed E-state index contributed by atoms with van der Waals surface area (Å²) in [6, 6.07) is 7.25. The summed E-state index contributed by atoms with van der Waals surface area (Å²) >= 11 is 1.22. The minimum absolute atomic E-state index is 0. The molecule has 0 saturated carbocycles. The van der Waals surface area contributed by atoms with Crippen LogP contribution in [-0.4, -0.2) is 57.5 Å². The molecule has 0 unspecified atom stereocenters. The van der Waals surface area contributed by atoms with Crippen molar-refractivity contribution in [2.24, 2.45) is 0 Å². The van der Waals surface area contributed by atoms with Gasteiger partial charge in [0, 0.05) is 18.2 Å². The van der Waals surface area contributed by atoms with Crippen molar-refractivity contribution in [3.63, 3.8) is 0 Å². The molecule has 0 radical (unpaired) electrons. The summed E-state index contributed by atoms with van der Waals surface area (Å²) in [5, 5.41) is 23.5. The van der Waals surface area contributed by atoms with E-state index in [1.807, 2.05) is 0 Å². The number of β-lactam (4-membered cyclic amide) rings is 1. The smallest absolute Gasteiger partial charge is 0.543 e. The Balaban J connectivity index is 0.00000300. The van der Waals surface area contributed by atoms with Gasteiger partial charge in [0.05, 0.1) is 11.7 Å². The molecule has 1 aromatic rings. The van der Waals surface area contributed by atoms with Gasteiger partial charge < -0.3 is 25.1 Å². The molecule has 29 heavy (non-hydrogen) atoms. The van der Waals surface area contributed by atoms with E-state index in [0.29, 0.717) is 5.56 Å². The maximum absolute atomic E-state index is 12.5. The molecular formula is C18H17N2NaO7S. The Morgan fingerprint density at radius 3 is 2.59 bits per heavy atom. The molecule has 0 spiro atoms. The maximum Gasteiger partial charge on any atom is 1.00 e. The van der Waals surface area contributed by atoms with Crippen molar-refractivity contribution in [3.8, 4) is 0 Å². The van der Waals surface area contributed by atoms with Gasteiger partial charge in [0.15, 0.2) is 6.10 Å². The summed E-state index contributed by atoms with van der Waals surface area (Å²) in [5.41, 5.74) is 0.280. The van der Waals surface area contributed by atoms with Crippen molar-refractivity contribution in [3.05, 3.63) is 47.2 Å². The third-order valence-electron chi connectivity index (χ3n) is 4.35. The molecule has 3 rings (SSSR count). The zero-order valence-electron chi connectivity index (χ0n) is 15.8. The second kappa shape index (κ2) is 9.77. The van der Waals surface area contributed by atoms with Gasteiger partial charge in [-0.3, -0.25) is 19.3 Å². The Hall–Kier alpha value is -1.85. The number of fused-ring (bicyclic) bond motifs is 1. The monoisotopic (exact) mass is 428 g/mol. The van der Waals surface area contributed by atoms with Crippen LogP contribution >= 0.6 is 11.8 Å². The van der Waals surface area contributed by atoms with E-state index in [0.717, 1.165) is 4.90 Å². The van der Waals surface area contributed by atoms with E-state index in [4.69, 9.17) is 4.74 Å². The molecule has 1 aromatic carbocycles. The molecule has 1 saturated heterocycles. The zero-order valence-corrected chi connectivity index (χ0v) is 18.6. The number of hydrogen-bond donors (Lipinski definition) is 2. The van der Waals surface area contributed by atoms with Crippen LogP contribution in [0.2, 0.25) is 0 Å². The van der Waals surface area contributed by atoms with Gasteiger partial charge in [0.1, 0.15) is 18.0 Å². The summed E-state index contributed by atoms with van der Waals surface area (Å²) in [4.78, 5) is 48.3. The molecule has 9 nitrogen and oxygen atoms in total. The molecule has 2 amide bonds. The number of rotatable bonds is 6. The minimum Gasteiger partial charge on any atom is -0.543 e. The molecule has 2 aliphatic rings. The number of aliphatic hydroxyl groups excluding tert-OH is 1. The molecule has 148 valence electrons. The summed E-state index contributed by atoms with van der Waals surface area (Å²) in [6.45, 7) is 0.933. The normalized spacial score (nSPS) is 21.3. The number of ether oxygens (including phenoxy) is 1. The molecule has 11 heteroatoms. The zero-order chi connectivity index (χ0) is 20.4. The van der Waals surface area contributed by atoms with Gasteiger partial charge in [0.2, 0.25) is 0 Å². The van der Waals surface area contributed by atoms with Crippen molar-refractivity contribution < 1.29 is 63.7 Å². The fourth-order valence-corrected chi connectivity index (χ4v) is 4.32. The average molecular weight is 428 g/mol. The Bertz CT molecular complexity index is 861. The molecule has 2 heterocycles. The van der Waals surface area contributed by atoms with Crippen LogP contribution in [0.3, 0.4) is 0 Å². The number of carbonyl (C=O) groups is 4. The van der Waals surface area contributed by atoms with E-state index in [2.05, 4.69) is 5.32 Å². The summed E-state index contributed by atoms with van der Waals surface area (Å²) in [7, 11) is 0. The third-order valence-corrected chi connectivity index (χ3v) is 5.69. The van der Waals surface area contributed by atoms with Crippen LogP contribution in [0.1, 0.15) is 18.6 Å². The number of hydrogen-bond acceptors (Lipinski definition) is 8. The first-order chi connectivity index (χ1) is 13.3. The van der Waals surface area contributed by atoms with Gasteiger partial charge >= 0.3 is 35.5 Å². The van der Waals surface area contributed by atoms with Crippen LogP contribution in [0.15, 0.2) is 41.6 Å². The van der Waals surface area contributed by atoms with E-state index in [9.17, 15) is 29.4 Å². The average Bonchev–Trinajstić information content (AvgIpc) is 2.69. The van der Waals surface area contributed by atoms with Gasteiger partial charge in [-0.05, 0) is 5.56 Å². The van der Waals surface area contributed by atoms with Gasteiger partial charge in [-0.25, -0.2) is 0 Å². The van der Waals surface area contributed by atoms with Crippen molar-refractivity contribution in [1.82, 2.24) is 10.2 Å². The van der Waals surface area contributed by atoms with E-state index in [1.165, 1.54) is 18.7 Å². The van der Waals surface area contributed by atoms with Crippen LogP contribution < -0.4 is 40.0 Å². The quantitative estimate of drug-likeness (QED) is 0.264. The number of carboxylic acids is 1. The van der Waals surface area contributed by atoms with Crippen LogP contribution in [0.5, 0.6) is 0 Å². The number of aliphatic carboxylic acids is 1. The first kappa shape index (κ1) is 23.4. The number of thioether (sulfide) groups is 1. The van der Waals surface area contributed by atoms with Crippen LogP contribution in [0.25, 0.3) is 0 Å². The summed E-state index contributed by atoms with van der Waals surface area (Å²) in [5.74, 6) is -3.33. The van der Waals surface area contributed by atoms with Gasteiger partial charge in [-0.15, -0.1) is 11.8 Å². The third kappa shape index (κ3) is 4.84. The number of nitrogens with zero attached hydrogens (tertiary/aromatic N) is 1. The van der Waals surface area contributed by atoms with Crippen LogP contribution in [-0.2, 0) is 23.9 Å². The topological polar surface area (TPSA) is 136 Å². The Kier molecular flexibility index (Phi) is 7.89. The van der Waals surface area contributed by atoms with Gasteiger partial charge in [-0.1, -0.05) is 30.3 Å². The standard InChI is InChI=1S/C18H18N2O7S.Na/c1-9(21)27-7-11-8-28-17-12(16(24)20(17)13(11)18(25)26)19-15(23)14(22)10-5-3-2-4-6-10;/h2-6,12,14,17,22H,7-8H2,1H3,(H,19,23)(H,25,26);/q;+1/p-1/t12-,14-,17-;/m1./s1. The maximum atomic E-state index is 12.5. The largest absolute Gasteiger partial charge is 1.00 e. The van der Waals surface area contributed by atoms with E-state index >= 15 is 0 Å². The van der Waals surface area contributed by atoms with Crippen molar-refractivity contribution in [2.45, 2.75) is 24.4 Å². The fourth-order valence-electron chi connectivity index (χ4n) is 2.99. The Morgan fingerprint density at radius 2 is 2.00 bits per heavy atom. The molecule has 0 bridgehead atoms. The number of aliphatic hydroxyl groups is 1. The number of esters is 1. The first-order valence-corrected chi connectivity index (χ1v) is 9.41. The number of carboxylic acid groups (broad SMARTS) is 1. The predicted octanol–water partition coefficient (Wildman–Crippen LogP) is -4.31. The Morgan fingerprint density at radius 1 is 1.34 bits per heavy atom. The molecular weight excluding hydrogens is 411 g/mol. The fraction of sp³-hybridized carbons (Fsp3) is 0.333. The number of nitrogens with one attached hydrogen (secondary N) is 1.